The molecule has 0 aromatic heterocycles. The average Bonchev–Trinajstić information content (AvgIpc) is 2.34. The lowest BCUT2D eigenvalue weighted by Crippen LogP contribution is -2.39. The Morgan fingerprint density at radius 2 is 2.11 bits per heavy atom. The molecule has 0 bridgehead atoms. The van der Waals surface area contributed by atoms with Crippen LogP contribution in [-0.4, -0.2) is 20.1 Å². The third kappa shape index (κ3) is 3.13. The van der Waals surface area contributed by atoms with Gasteiger partial charge in [0.1, 0.15) is 5.82 Å². The van der Waals surface area contributed by atoms with Gasteiger partial charge in [-0.3, -0.25) is 0 Å². The van der Waals surface area contributed by atoms with E-state index in [2.05, 4.69) is 4.72 Å². The van der Waals surface area contributed by atoms with E-state index in [1.807, 2.05) is 6.92 Å². The normalized spacial score (nSPS) is 18.1. The van der Waals surface area contributed by atoms with Gasteiger partial charge in [-0.1, -0.05) is 13.3 Å². The fourth-order valence-corrected chi connectivity index (χ4v) is 3.40. The first kappa shape index (κ1) is 14.4. The van der Waals surface area contributed by atoms with Crippen molar-refractivity contribution < 1.29 is 17.9 Å². The summed E-state index contributed by atoms with van der Waals surface area (Å²) < 4.78 is 39.9. The van der Waals surface area contributed by atoms with Crippen molar-refractivity contribution in [1.29, 1.82) is 0 Å². The van der Waals surface area contributed by atoms with Crippen molar-refractivity contribution in [3.63, 3.8) is 0 Å². The molecule has 2 rings (SSSR count). The Bertz CT molecular complexity index is 567. The van der Waals surface area contributed by atoms with Gasteiger partial charge in [0.15, 0.2) is 0 Å². The van der Waals surface area contributed by atoms with Crippen LogP contribution in [0.4, 0.5) is 4.39 Å². The van der Waals surface area contributed by atoms with E-state index in [9.17, 15) is 12.8 Å². The predicted octanol–water partition coefficient (Wildman–Crippen LogP) is 1.79. The maximum Gasteiger partial charge on any atom is 0.240 e. The van der Waals surface area contributed by atoms with Crippen LogP contribution in [0, 0.1) is 11.2 Å². The van der Waals surface area contributed by atoms with Crippen LogP contribution in [0.3, 0.4) is 0 Å². The molecule has 0 atom stereocenters. The van der Waals surface area contributed by atoms with Crippen LogP contribution >= 0.6 is 0 Å². The molecule has 6 heteroatoms. The van der Waals surface area contributed by atoms with Crippen LogP contribution in [0.1, 0.15) is 31.7 Å². The first-order valence-corrected chi connectivity index (χ1v) is 7.74. The number of rotatable bonds is 5. The highest BCUT2D eigenvalue weighted by Gasteiger charge is 2.33. The lowest BCUT2D eigenvalue weighted by molar-refractivity contribution is 0.166. The van der Waals surface area contributed by atoms with Crippen LogP contribution in [-0.2, 0) is 16.6 Å². The standard InChI is InChI=1S/C13H18FNO3S/c1-13(5-2-6-13)9-15-19(17,18)11-3-4-12(14)10(7-11)8-16/h3-4,7,15-16H,2,5-6,8-9H2,1H3. The molecule has 0 heterocycles. The van der Waals surface area contributed by atoms with Crippen molar-refractivity contribution in [2.45, 2.75) is 37.7 Å². The van der Waals surface area contributed by atoms with E-state index in [-0.39, 0.29) is 15.9 Å². The van der Waals surface area contributed by atoms with Gasteiger partial charge >= 0.3 is 0 Å². The Balaban J connectivity index is 2.14. The molecule has 1 aliphatic rings. The van der Waals surface area contributed by atoms with Crippen LogP contribution in [0.25, 0.3) is 0 Å². The Morgan fingerprint density at radius 3 is 2.63 bits per heavy atom. The van der Waals surface area contributed by atoms with Gasteiger partial charge in [-0.2, -0.15) is 0 Å². The Kier molecular flexibility index (Phi) is 3.94. The summed E-state index contributed by atoms with van der Waals surface area (Å²) in [7, 11) is -3.65. The number of nitrogens with one attached hydrogen (secondary N) is 1. The second-order valence-electron chi connectivity index (χ2n) is 5.40. The second kappa shape index (κ2) is 5.19. The lowest BCUT2D eigenvalue weighted by Gasteiger charge is -2.38. The van der Waals surface area contributed by atoms with E-state index in [1.165, 1.54) is 12.1 Å². The third-order valence-corrected chi connectivity index (χ3v) is 5.15. The van der Waals surface area contributed by atoms with Crippen LogP contribution in [0.2, 0.25) is 0 Å². The Hall–Kier alpha value is -0.980. The summed E-state index contributed by atoms with van der Waals surface area (Å²) in [5.74, 6) is -0.604. The number of halogens is 1. The quantitative estimate of drug-likeness (QED) is 0.867. The summed E-state index contributed by atoms with van der Waals surface area (Å²) in [5.41, 5.74) is 0.0186. The molecular weight excluding hydrogens is 269 g/mol. The summed E-state index contributed by atoms with van der Waals surface area (Å²) in [5, 5.41) is 8.96. The molecule has 1 aliphatic carbocycles. The van der Waals surface area contributed by atoms with E-state index in [0.717, 1.165) is 25.3 Å². The fraction of sp³-hybridized carbons (Fsp3) is 0.538. The molecule has 1 saturated carbocycles. The zero-order valence-electron chi connectivity index (χ0n) is 10.8. The molecule has 1 aromatic carbocycles. The highest BCUT2D eigenvalue weighted by Crippen LogP contribution is 2.39. The van der Waals surface area contributed by atoms with Crippen molar-refractivity contribution in [3.05, 3.63) is 29.6 Å². The highest BCUT2D eigenvalue weighted by molar-refractivity contribution is 7.89. The maximum atomic E-state index is 13.2. The van der Waals surface area contributed by atoms with Crippen molar-refractivity contribution in [2.75, 3.05) is 6.54 Å². The van der Waals surface area contributed by atoms with Gasteiger partial charge in [0, 0.05) is 12.1 Å². The van der Waals surface area contributed by atoms with Gasteiger partial charge < -0.3 is 5.11 Å². The van der Waals surface area contributed by atoms with Crippen LogP contribution in [0.5, 0.6) is 0 Å². The summed E-state index contributed by atoms with van der Waals surface area (Å²) in [6.07, 6.45) is 3.16. The molecule has 1 fully saturated rings. The largest absolute Gasteiger partial charge is 0.392 e. The number of hydrogen-bond donors (Lipinski definition) is 2. The molecule has 19 heavy (non-hydrogen) atoms. The zero-order valence-corrected chi connectivity index (χ0v) is 11.6. The van der Waals surface area contributed by atoms with Crippen molar-refractivity contribution >= 4 is 10.0 Å². The first-order chi connectivity index (χ1) is 8.86. The third-order valence-electron chi connectivity index (χ3n) is 3.75. The van der Waals surface area contributed by atoms with Crippen LogP contribution in [0.15, 0.2) is 23.1 Å². The van der Waals surface area contributed by atoms with E-state index >= 15 is 0 Å². The van der Waals surface area contributed by atoms with Crippen molar-refractivity contribution in [3.8, 4) is 0 Å². The molecule has 0 spiro atoms. The van der Waals surface area contributed by atoms with Gasteiger partial charge in [0.05, 0.1) is 11.5 Å². The summed E-state index contributed by atoms with van der Waals surface area (Å²) >= 11 is 0. The van der Waals surface area contributed by atoms with Gasteiger partial charge in [0.2, 0.25) is 10.0 Å². The molecular formula is C13H18FNO3S. The maximum absolute atomic E-state index is 13.2. The lowest BCUT2D eigenvalue weighted by atomic mass is 9.71. The number of aliphatic hydroxyl groups excluding tert-OH is 1. The van der Waals surface area contributed by atoms with E-state index in [4.69, 9.17) is 5.11 Å². The van der Waals surface area contributed by atoms with Crippen molar-refractivity contribution in [2.24, 2.45) is 5.41 Å². The number of benzene rings is 1. The van der Waals surface area contributed by atoms with E-state index in [1.54, 1.807) is 0 Å². The fourth-order valence-electron chi connectivity index (χ4n) is 2.15. The molecule has 4 nitrogen and oxygen atoms in total. The minimum absolute atomic E-state index is 0.0131. The first-order valence-electron chi connectivity index (χ1n) is 6.25. The van der Waals surface area contributed by atoms with Gasteiger partial charge in [-0.25, -0.2) is 17.5 Å². The number of sulfonamides is 1. The van der Waals surface area contributed by atoms with Gasteiger partial charge in [0.25, 0.3) is 0 Å². The monoisotopic (exact) mass is 287 g/mol. The molecule has 1 aromatic rings. The molecule has 0 saturated heterocycles. The van der Waals surface area contributed by atoms with Gasteiger partial charge in [-0.15, -0.1) is 0 Å². The molecule has 0 aliphatic heterocycles. The number of aliphatic hydroxyl groups is 1. The van der Waals surface area contributed by atoms with E-state index < -0.39 is 22.4 Å². The number of hydrogen-bond acceptors (Lipinski definition) is 3. The van der Waals surface area contributed by atoms with Crippen LogP contribution < -0.4 is 4.72 Å². The molecule has 0 unspecified atom stereocenters. The minimum atomic E-state index is -3.65. The second-order valence-corrected chi connectivity index (χ2v) is 7.17. The summed E-state index contributed by atoms with van der Waals surface area (Å²) in [6.45, 7) is 1.91. The topological polar surface area (TPSA) is 66.4 Å². The zero-order chi connectivity index (χ0) is 14.1. The molecule has 0 radical (unpaired) electrons. The summed E-state index contributed by atoms with van der Waals surface area (Å²) in [6, 6.07) is 3.44. The Morgan fingerprint density at radius 1 is 1.42 bits per heavy atom. The SMILES string of the molecule is CC1(CNS(=O)(=O)c2ccc(F)c(CO)c2)CCC1. The van der Waals surface area contributed by atoms with E-state index in [0.29, 0.717) is 6.54 Å². The van der Waals surface area contributed by atoms with Crippen molar-refractivity contribution in [1.82, 2.24) is 4.72 Å². The Labute approximate surface area is 112 Å². The molecule has 106 valence electrons. The highest BCUT2D eigenvalue weighted by atomic mass is 32.2. The smallest absolute Gasteiger partial charge is 0.240 e. The average molecular weight is 287 g/mol. The predicted molar refractivity (Wildman–Crippen MR) is 69.5 cm³/mol. The molecule has 2 N–H and O–H groups in total. The van der Waals surface area contributed by atoms with Gasteiger partial charge in [-0.05, 0) is 36.5 Å². The summed E-state index contributed by atoms with van der Waals surface area (Å²) in [4.78, 5) is -0.0131. The molecule has 0 amide bonds. The minimum Gasteiger partial charge on any atom is -0.392 e.